The molecule has 0 N–H and O–H groups in total. The van der Waals surface area contributed by atoms with Gasteiger partial charge in [0, 0.05) is 24.6 Å². The van der Waals surface area contributed by atoms with Gasteiger partial charge in [-0.2, -0.15) is 0 Å². The van der Waals surface area contributed by atoms with Crippen molar-refractivity contribution in [1.29, 1.82) is 0 Å². The van der Waals surface area contributed by atoms with Crippen molar-refractivity contribution < 1.29 is 9.53 Å². The molecule has 4 aromatic carbocycles. The van der Waals surface area contributed by atoms with Gasteiger partial charge in [0.25, 0.3) is 0 Å². The molecule has 0 unspecified atom stereocenters. The molecule has 3 heteroatoms. The molecule has 166 valence electrons. The summed E-state index contributed by atoms with van der Waals surface area (Å²) in [5.74, 6) is 0.848. The van der Waals surface area contributed by atoms with Crippen molar-refractivity contribution in [3.05, 3.63) is 114 Å². The Hall–Kier alpha value is -3.85. The maximum absolute atomic E-state index is 12.3. The van der Waals surface area contributed by atoms with Gasteiger partial charge in [-0.1, -0.05) is 84.9 Å². The summed E-state index contributed by atoms with van der Waals surface area (Å²) < 4.78 is 6.24. The van der Waals surface area contributed by atoms with E-state index in [-0.39, 0.29) is 5.91 Å². The second-order valence-electron chi connectivity index (χ2n) is 8.09. The maximum atomic E-state index is 12.3. The highest BCUT2D eigenvalue weighted by molar-refractivity contribution is 5.91. The molecule has 0 spiro atoms. The Morgan fingerprint density at radius 3 is 2.33 bits per heavy atom. The van der Waals surface area contributed by atoms with E-state index in [9.17, 15) is 4.79 Å². The lowest BCUT2D eigenvalue weighted by Crippen LogP contribution is -2.27. The Bertz CT molecular complexity index is 1260. The fraction of sp³-hybridized carbons (Fsp3) is 0.167. The SMILES string of the molecule is C/C=C/c1ccc(CN(C(C)=O)c2ccccc2)cc1OCCc1ccc2ccccc2c1. The topological polar surface area (TPSA) is 29.5 Å². The number of carbonyl (C=O) groups excluding carboxylic acids is 1. The van der Waals surface area contributed by atoms with Crippen LogP contribution in [0.4, 0.5) is 5.69 Å². The highest BCUT2D eigenvalue weighted by Gasteiger charge is 2.13. The second kappa shape index (κ2) is 10.6. The van der Waals surface area contributed by atoms with Crippen LogP contribution in [-0.2, 0) is 17.8 Å². The molecule has 4 aromatic rings. The Balaban J connectivity index is 1.50. The van der Waals surface area contributed by atoms with Crippen LogP contribution in [0.5, 0.6) is 5.75 Å². The van der Waals surface area contributed by atoms with Crippen LogP contribution in [0.15, 0.2) is 97.1 Å². The number of nitrogens with zero attached hydrogens (tertiary/aromatic N) is 1. The smallest absolute Gasteiger partial charge is 0.224 e. The summed E-state index contributed by atoms with van der Waals surface area (Å²) in [6.07, 6.45) is 4.89. The van der Waals surface area contributed by atoms with E-state index >= 15 is 0 Å². The summed E-state index contributed by atoms with van der Waals surface area (Å²) in [4.78, 5) is 14.1. The number of para-hydroxylation sites is 1. The molecule has 33 heavy (non-hydrogen) atoms. The van der Waals surface area contributed by atoms with E-state index < -0.39 is 0 Å². The van der Waals surface area contributed by atoms with Gasteiger partial charge in [0.05, 0.1) is 13.2 Å². The Labute approximate surface area is 195 Å². The van der Waals surface area contributed by atoms with E-state index in [4.69, 9.17) is 4.74 Å². The third-order valence-electron chi connectivity index (χ3n) is 5.68. The molecule has 0 atom stereocenters. The molecular formula is C30H29NO2. The highest BCUT2D eigenvalue weighted by atomic mass is 16.5. The lowest BCUT2D eigenvalue weighted by Gasteiger charge is -2.22. The van der Waals surface area contributed by atoms with E-state index in [0.717, 1.165) is 29.0 Å². The van der Waals surface area contributed by atoms with E-state index in [2.05, 4.69) is 66.7 Å². The minimum Gasteiger partial charge on any atom is -0.493 e. The molecule has 0 aromatic heterocycles. The number of hydrogen-bond acceptors (Lipinski definition) is 2. The maximum Gasteiger partial charge on any atom is 0.224 e. The van der Waals surface area contributed by atoms with Crippen LogP contribution < -0.4 is 9.64 Å². The molecule has 0 aliphatic rings. The number of anilines is 1. The van der Waals surface area contributed by atoms with E-state index in [1.165, 1.54) is 16.3 Å². The predicted octanol–water partition coefficient (Wildman–Crippen LogP) is 7.05. The lowest BCUT2D eigenvalue weighted by atomic mass is 10.1. The van der Waals surface area contributed by atoms with Gasteiger partial charge in [0.2, 0.25) is 5.91 Å². The first-order valence-corrected chi connectivity index (χ1v) is 11.3. The van der Waals surface area contributed by atoms with Crippen LogP contribution in [0.1, 0.15) is 30.5 Å². The number of allylic oxidation sites excluding steroid dienone is 1. The van der Waals surface area contributed by atoms with Crippen LogP contribution in [0, 0.1) is 0 Å². The molecule has 0 fully saturated rings. The molecule has 0 saturated heterocycles. The van der Waals surface area contributed by atoms with Crippen LogP contribution >= 0.6 is 0 Å². The Kier molecular flexibility index (Phi) is 7.21. The minimum atomic E-state index is 0.0116. The normalized spacial score (nSPS) is 11.1. The number of fused-ring (bicyclic) bond motifs is 1. The third-order valence-corrected chi connectivity index (χ3v) is 5.68. The van der Waals surface area contributed by atoms with Crippen LogP contribution in [0.3, 0.4) is 0 Å². The van der Waals surface area contributed by atoms with Gasteiger partial charge in [-0.15, -0.1) is 0 Å². The average molecular weight is 436 g/mol. The van der Waals surface area contributed by atoms with Gasteiger partial charge in [-0.05, 0) is 47.0 Å². The fourth-order valence-corrected chi connectivity index (χ4v) is 3.97. The minimum absolute atomic E-state index is 0.0116. The molecule has 0 aliphatic heterocycles. The zero-order valence-electron chi connectivity index (χ0n) is 19.2. The molecular weight excluding hydrogens is 406 g/mol. The molecule has 0 heterocycles. The van der Waals surface area contributed by atoms with Crippen molar-refractivity contribution in [2.24, 2.45) is 0 Å². The van der Waals surface area contributed by atoms with E-state index in [0.29, 0.717) is 13.2 Å². The Morgan fingerprint density at radius 1 is 0.848 bits per heavy atom. The van der Waals surface area contributed by atoms with Crippen molar-refractivity contribution in [2.75, 3.05) is 11.5 Å². The summed E-state index contributed by atoms with van der Waals surface area (Å²) in [6, 6.07) is 30.9. The molecule has 0 bridgehead atoms. The van der Waals surface area contributed by atoms with Crippen LogP contribution in [-0.4, -0.2) is 12.5 Å². The van der Waals surface area contributed by atoms with Crippen LogP contribution in [0.2, 0.25) is 0 Å². The first kappa shape index (κ1) is 22.3. The second-order valence-corrected chi connectivity index (χ2v) is 8.09. The predicted molar refractivity (Wildman–Crippen MR) is 138 cm³/mol. The Morgan fingerprint density at radius 2 is 1.58 bits per heavy atom. The zero-order chi connectivity index (χ0) is 23.0. The molecule has 4 rings (SSSR count). The van der Waals surface area contributed by atoms with Gasteiger partial charge in [-0.25, -0.2) is 0 Å². The molecule has 0 saturated carbocycles. The standard InChI is InChI=1S/C30H29NO2/c1-3-9-27-17-15-25(22-31(23(2)32)29-12-5-4-6-13-29)21-30(27)33-19-18-24-14-16-26-10-7-8-11-28(26)20-24/h3-17,20-21H,18-19,22H2,1-2H3/b9-3+. The number of amides is 1. The summed E-state index contributed by atoms with van der Waals surface area (Å²) >= 11 is 0. The third kappa shape index (κ3) is 5.69. The molecule has 1 amide bonds. The average Bonchev–Trinajstić information content (AvgIpc) is 2.84. The number of benzene rings is 4. The fourth-order valence-electron chi connectivity index (χ4n) is 3.97. The number of hydrogen-bond donors (Lipinski definition) is 0. The van der Waals surface area contributed by atoms with Gasteiger partial charge < -0.3 is 9.64 Å². The number of rotatable bonds is 8. The van der Waals surface area contributed by atoms with E-state index in [1.54, 1.807) is 11.8 Å². The molecule has 0 aliphatic carbocycles. The van der Waals surface area contributed by atoms with Crippen LogP contribution in [0.25, 0.3) is 16.8 Å². The largest absolute Gasteiger partial charge is 0.493 e. The number of carbonyl (C=O) groups is 1. The summed E-state index contributed by atoms with van der Waals surface area (Å²) in [6.45, 7) is 4.68. The van der Waals surface area contributed by atoms with Gasteiger partial charge >= 0.3 is 0 Å². The first-order chi connectivity index (χ1) is 16.1. The highest BCUT2D eigenvalue weighted by Crippen LogP contribution is 2.25. The van der Waals surface area contributed by atoms with Crippen molar-refractivity contribution >= 4 is 28.4 Å². The van der Waals surface area contributed by atoms with E-state index in [1.807, 2.05) is 43.3 Å². The van der Waals surface area contributed by atoms with Gasteiger partial charge in [0.15, 0.2) is 0 Å². The molecule has 3 nitrogen and oxygen atoms in total. The summed E-state index contributed by atoms with van der Waals surface area (Å²) in [5, 5.41) is 2.50. The summed E-state index contributed by atoms with van der Waals surface area (Å²) in [7, 11) is 0. The monoisotopic (exact) mass is 435 g/mol. The summed E-state index contributed by atoms with van der Waals surface area (Å²) in [5.41, 5.74) is 4.21. The zero-order valence-corrected chi connectivity index (χ0v) is 19.2. The number of ether oxygens (including phenoxy) is 1. The first-order valence-electron chi connectivity index (χ1n) is 11.3. The lowest BCUT2D eigenvalue weighted by molar-refractivity contribution is -0.116. The van der Waals surface area contributed by atoms with Crippen molar-refractivity contribution in [3.8, 4) is 5.75 Å². The molecule has 0 radical (unpaired) electrons. The quantitative estimate of drug-likeness (QED) is 0.297. The van der Waals surface area contributed by atoms with Crippen molar-refractivity contribution in [1.82, 2.24) is 0 Å². The van der Waals surface area contributed by atoms with Crippen molar-refractivity contribution in [3.63, 3.8) is 0 Å². The van der Waals surface area contributed by atoms with Crippen molar-refractivity contribution in [2.45, 2.75) is 26.8 Å². The van der Waals surface area contributed by atoms with Gasteiger partial charge in [0.1, 0.15) is 5.75 Å². The van der Waals surface area contributed by atoms with Gasteiger partial charge in [-0.3, -0.25) is 4.79 Å².